The molecule has 0 aliphatic heterocycles. The Morgan fingerprint density at radius 2 is 1.89 bits per heavy atom. The number of aliphatic hydroxyl groups is 1. The van der Waals surface area contributed by atoms with Crippen molar-refractivity contribution >= 4 is 11.5 Å². The van der Waals surface area contributed by atoms with Crippen molar-refractivity contribution in [1.29, 1.82) is 0 Å². The molecule has 1 heterocycles. The van der Waals surface area contributed by atoms with Gasteiger partial charge in [-0.05, 0) is 45.8 Å². The van der Waals surface area contributed by atoms with Gasteiger partial charge >= 0.3 is 0 Å². The summed E-state index contributed by atoms with van der Waals surface area (Å²) in [6, 6.07) is 9.15. The summed E-state index contributed by atoms with van der Waals surface area (Å²) in [5.41, 5.74) is -1.13. The third-order valence-corrected chi connectivity index (χ3v) is 4.38. The van der Waals surface area contributed by atoms with Gasteiger partial charge in [-0.1, -0.05) is 18.7 Å². The summed E-state index contributed by atoms with van der Waals surface area (Å²) in [5.74, 6) is -1.98. The Balaban J connectivity index is 2.05. The van der Waals surface area contributed by atoms with Crippen LogP contribution in [0.2, 0.25) is 0 Å². The standard InChI is InChI=1S/C19H17F2N5O2/c1-12(13-3-5-14(6-4-13)18(27)22-2)19(28,10-26-11-23-24-25-26)16-8-7-15(20)9-17(16)21/h3-9,11,28H,1,10H2,2H3,(H,22,27). The van der Waals surface area contributed by atoms with E-state index in [1.807, 2.05) is 0 Å². The molecule has 9 heteroatoms. The van der Waals surface area contributed by atoms with E-state index in [0.717, 1.165) is 12.1 Å². The van der Waals surface area contributed by atoms with Gasteiger partial charge in [-0.2, -0.15) is 0 Å². The lowest BCUT2D eigenvalue weighted by molar-refractivity contribution is 0.0721. The minimum Gasteiger partial charge on any atom is -0.378 e. The SMILES string of the molecule is C=C(c1ccc(C(=O)NC)cc1)C(O)(Cn1cnnn1)c1ccc(F)cc1F. The smallest absolute Gasteiger partial charge is 0.251 e. The van der Waals surface area contributed by atoms with Gasteiger partial charge in [0, 0.05) is 24.2 Å². The number of aromatic nitrogens is 4. The molecular weight excluding hydrogens is 368 g/mol. The van der Waals surface area contributed by atoms with Crippen LogP contribution in [-0.2, 0) is 12.1 Å². The molecule has 0 saturated heterocycles. The predicted octanol–water partition coefficient (Wildman–Crippen LogP) is 1.91. The number of hydrogen-bond acceptors (Lipinski definition) is 5. The Morgan fingerprint density at radius 3 is 2.46 bits per heavy atom. The van der Waals surface area contributed by atoms with Crippen LogP contribution in [0.3, 0.4) is 0 Å². The average molecular weight is 385 g/mol. The number of tetrazole rings is 1. The summed E-state index contributed by atoms with van der Waals surface area (Å²) in [6.07, 6.45) is 1.26. The van der Waals surface area contributed by atoms with Crippen LogP contribution in [0.4, 0.5) is 8.78 Å². The van der Waals surface area contributed by atoms with Gasteiger partial charge < -0.3 is 10.4 Å². The Hall–Kier alpha value is -3.46. The van der Waals surface area contributed by atoms with Crippen LogP contribution in [-0.4, -0.2) is 38.3 Å². The van der Waals surface area contributed by atoms with E-state index in [0.29, 0.717) is 17.2 Å². The molecule has 28 heavy (non-hydrogen) atoms. The summed E-state index contributed by atoms with van der Waals surface area (Å²) in [4.78, 5) is 11.7. The van der Waals surface area contributed by atoms with E-state index in [2.05, 4.69) is 27.4 Å². The number of rotatable bonds is 6. The Bertz CT molecular complexity index is 1010. The maximum absolute atomic E-state index is 14.5. The van der Waals surface area contributed by atoms with Gasteiger partial charge in [0.05, 0.1) is 6.54 Å². The van der Waals surface area contributed by atoms with Crippen molar-refractivity contribution in [2.45, 2.75) is 12.1 Å². The molecule has 144 valence electrons. The van der Waals surface area contributed by atoms with Gasteiger partial charge in [-0.15, -0.1) is 5.10 Å². The van der Waals surface area contributed by atoms with Crippen molar-refractivity contribution in [3.05, 3.63) is 83.7 Å². The van der Waals surface area contributed by atoms with E-state index in [1.165, 1.54) is 18.1 Å². The zero-order chi connectivity index (χ0) is 20.3. The highest BCUT2D eigenvalue weighted by Gasteiger charge is 2.37. The minimum absolute atomic E-state index is 0.136. The Labute approximate surface area is 159 Å². The molecule has 0 aliphatic rings. The van der Waals surface area contributed by atoms with E-state index in [1.54, 1.807) is 24.3 Å². The first-order valence-corrected chi connectivity index (χ1v) is 8.25. The summed E-state index contributed by atoms with van der Waals surface area (Å²) >= 11 is 0. The van der Waals surface area contributed by atoms with Crippen molar-refractivity contribution in [2.24, 2.45) is 0 Å². The van der Waals surface area contributed by atoms with Crippen molar-refractivity contribution in [3.63, 3.8) is 0 Å². The number of amides is 1. The molecule has 1 unspecified atom stereocenters. The van der Waals surface area contributed by atoms with E-state index < -0.39 is 17.2 Å². The average Bonchev–Trinajstić information content (AvgIpc) is 3.19. The lowest BCUT2D eigenvalue weighted by Crippen LogP contribution is -2.34. The summed E-state index contributed by atoms with van der Waals surface area (Å²) in [5, 5.41) is 24.6. The molecule has 0 spiro atoms. The van der Waals surface area contributed by atoms with E-state index >= 15 is 0 Å². The largest absolute Gasteiger partial charge is 0.378 e. The second kappa shape index (κ2) is 7.65. The molecule has 0 saturated carbocycles. The highest BCUT2D eigenvalue weighted by atomic mass is 19.1. The maximum Gasteiger partial charge on any atom is 0.251 e. The molecule has 2 aromatic carbocycles. The second-order valence-corrected chi connectivity index (χ2v) is 6.13. The Kier molecular flexibility index (Phi) is 5.27. The number of nitrogens with one attached hydrogen (secondary N) is 1. The van der Waals surface area contributed by atoms with Crippen molar-refractivity contribution < 1.29 is 18.7 Å². The van der Waals surface area contributed by atoms with Crippen molar-refractivity contribution in [3.8, 4) is 0 Å². The molecule has 2 N–H and O–H groups in total. The van der Waals surface area contributed by atoms with Crippen LogP contribution in [0.1, 0.15) is 21.5 Å². The van der Waals surface area contributed by atoms with Gasteiger partial charge in [-0.3, -0.25) is 4.79 Å². The van der Waals surface area contributed by atoms with E-state index in [4.69, 9.17) is 0 Å². The first-order valence-electron chi connectivity index (χ1n) is 8.25. The first-order chi connectivity index (χ1) is 13.3. The van der Waals surface area contributed by atoms with Gasteiger partial charge in [0.15, 0.2) is 0 Å². The van der Waals surface area contributed by atoms with Crippen molar-refractivity contribution in [1.82, 2.24) is 25.5 Å². The molecule has 7 nitrogen and oxygen atoms in total. The third kappa shape index (κ3) is 3.65. The normalized spacial score (nSPS) is 13.0. The molecule has 1 aromatic heterocycles. The van der Waals surface area contributed by atoms with Gasteiger partial charge in [0.2, 0.25) is 0 Å². The monoisotopic (exact) mass is 385 g/mol. The van der Waals surface area contributed by atoms with Crippen LogP contribution < -0.4 is 5.32 Å². The molecule has 1 atom stereocenters. The fourth-order valence-electron chi connectivity index (χ4n) is 2.86. The number of halogens is 2. The topological polar surface area (TPSA) is 92.9 Å². The fraction of sp³-hybridized carbons (Fsp3) is 0.158. The van der Waals surface area contributed by atoms with E-state index in [-0.39, 0.29) is 23.6 Å². The molecule has 3 aromatic rings. The molecule has 3 rings (SSSR count). The van der Waals surface area contributed by atoms with Gasteiger partial charge in [-0.25, -0.2) is 13.5 Å². The number of nitrogens with zero attached hydrogens (tertiary/aromatic N) is 4. The van der Waals surface area contributed by atoms with Crippen LogP contribution >= 0.6 is 0 Å². The summed E-state index contributed by atoms with van der Waals surface area (Å²) in [6.45, 7) is 3.67. The molecule has 1 amide bonds. The number of benzene rings is 2. The zero-order valence-corrected chi connectivity index (χ0v) is 14.9. The lowest BCUT2D eigenvalue weighted by Gasteiger charge is -2.31. The lowest BCUT2D eigenvalue weighted by atomic mass is 9.82. The van der Waals surface area contributed by atoms with E-state index in [9.17, 15) is 18.7 Å². The fourth-order valence-corrected chi connectivity index (χ4v) is 2.86. The van der Waals surface area contributed by atoms with Crippen LogP contribution in [0, 0.1) is 11.6 Å². The first kappa shape index (κ1) is 19.3. The quantitative estimate of drug-likeness (QED) is 0.676. The minimum atomic E-state index is -1.97. The number of carbonyl (C=O) groups is 1. The number of carbonyl (C=O) groups excluding carboxylic acids is 1. The highest BCUT2D eigenvalue weighted by molar-refractivity contribution is 5.94. The van der Waals surface area contributed by atoms with Gasteiger partial charge in [0.25, 0.3) is 5.91 Å². The van der Waals surface area contributed by atoms with Crippen LogP contribution in [0.25, 0.3) is 5.57 Å². The van der Waals surface area contributed by atoms with Crippen LogP contribution in [0.5, 0.6) is 0 Å². The molecule has 0 bridgehead atoms. The molecule has 0 aliphatic carbocycles. The molecular formula is C19H17F2N5O2. The third-order valence-electron chi connectivity index (χ3n) is 4.38. The molecule has 0 fully saturated rings. The summed E-state index contributed by atoms with van der Waals surface area (Å²) < 4.78 is 29.1. The predicted molar refractivity (Wildman–Crippen MR) is 96.9 cm³/mol. The van der Waals surface area contributed by atoms with Gasteiger partial charge in [0.1, 0.15) is 23.6 Å². The number of hydrogen-bond donors (Lipinski definition) is 2. The maximum atomic E-state index is 14.5. The Morgan fingerprint density at radius 1 is 1.21 bits per heavy atom. The van der Waals surface area contributed by atoms with Crippen LogP contribution in [0.15, 0.2) is 55.4 Å². The summed E-state index contributed by atoms with van der Waals surface area (Å²) in [7, 11) is 1.51. The second-order valence-electron chi connectivity index (χ2n) is 6.13. The molecule has 0 radical (unpaired) electrons. The van der Waals surface area contributed by atoms with Crippen molar-refractivity contribution in [2.75, 3.05) is 7.05 Å². The zero-order valence-electron chi connectivity index (χ0n) is 14.9. The highest BCUT2D eigenvalue weighted by Crippen LogP contribution is 2.38.